The molecule has 1 fully saturated rings. The smallest absolute Gasteiger partial charge is 0.264 e. The first-order chi connectivity index (χ1) is 14.2. The number of carbonyl (C=O) groups is 1. The lowest BCUT2D eigenvalue weighted by Crippen LogP contribution is -2.46. The Morgan fingerprint density at radius 3 is 2.17 bits per heavy atom. The van der Waals surface area contributed by atoms with Gasteiger partial charge < -0.3 is 4.90 Å². The van der Waals surface area contributed by atoms with Gasteiger partial charge in [-0.05, 0) is 62.9 Å². The van der Waals surface area contributed by atoms with E-state index >= 15 is 0 Å². The fourth-order valence-corrected chi connectivity index (χ4v) is 5.50. The molecule has 0 aliphatic heterocycles. The standard InChI is InChI=1S/C24H32N2O3S/c1-18-11-14-22(15-12-18)30(28,29)26(23-16-19(2)10-13-20(23)3)17-24(27)25(4)21-8-6-5-7-9-21/h10-16,21H,5-9,17H2,1-4H3. The van der Waals surface area contributed by atoms with Crippen LogP contribution in [0.1, 0.15) is 48.8 Å². The molecule has 0 saturated heterocycles. The zero-order chi connectivity index (χ0) is 21.9. The average Bonchev–Trinajstić information content (AvgIpc) is 2.74. The van der Waals surface area contributed by atoms with Crippen LogP contribution in [0.2, 0.25) is 0 Å². The molecule has 0 unspecified atom stereocenters. The molecule has 3 rings (SSSR count). The third kappa shape index (κ3) is 4.86. The molecule has 1 saturated carbocycles. The molecule has 1 aliphatic rings. The van der Waals surface area contributed by atoms with Crippen molar-refractivity contribution in [1.29, 1.82) is 0 Å². The third-order valence-corrected chi connectivity index (χ3v) is 7.81. The van der Waals surface area contributed by atoms with Gasteiger partial charge in [0, 0.05) is 13.1 Å². The maximum absolute atomic E-state index is 13.6. The van der Waals surface area contributed by atoms with Gasteiger partial charge in [0.15, 0.2) is 0 Å². The predicted molar refractivity (Wildman–Crippen MR) is 121 cm³/mol. The van der Waals surface area contributed by atoms with Gasteiger partial charge in [0.25, 0.3) is 10.0 Å². The molecule has 30 heavy (non-hydrogen) atoms. The van der Waals surface area contributed by atoms with E-state index in [0.717, 1.165) is 42.4 Å². The van der Waals surface area contributed by atoms with Gasteiger partial charge in [-0.25, -0.2) is 8.42 Å². The van der Waals surface area contributed by atoms with Crippen molar-refractivity contribution in [2.24, 2.45) is 0 Å². The van der Waals surface area contributed by atoms with Crippen LogP contribution in [0.4, 0.5) is 5.69 Å². The van der Waals surface area contributed by atoms with E-state index in [0.29, 0.717) is 5.69 Å². The van der Waals surface area contributed by atoms with Crippen LogP contribution in [0.15, 0.2) is 47.4 Å². The van der Waals surface area contributed by atoms with E-state index in [1.54, 1.807) is 36.2 Å². The highest BCUT2D eigenvalue weighted by molar-refractivity contribution is 7.92. The molecule has 1 aliphatic carbocycles. The normalized spacial score (nSPS) is 15.1. The number of sulfonamides is 1. The first kappa shape index (κ1) is 22.3. The quantitative estimate of drug-likeness (QED) is 0.676. The molecular weight excluding hydrogens is 396 g/mol. The molecule has 0 N–H and O–H groups in total. The van der Waals surface area contributed by atoms with Crippen molar-refractivity contribution in [3.63, 3.8) is 0 Å². The largest absolute Gasteiger partial charge is 0.341 e. The van der Waals surface area contributed by atoms with E-state index in [1.165, 1.54) is 10.7 Å². The maximum atomic E-state index is 13.6. The summed E-state index contributed by atoms with van der Waals surface area (Å²) in [5.74, 6) is -0.168. The van der Waals surface area contributed by atoms with Gasteiger partial charge in [-0.3, -0.25) is 9.10 Å². The van der Waals surface area contributed by atoms with Crippen LogP contribution in [0.3, 0.4) is 0 Å². The Hall–Kier alpha value is -2.34. The molecule has 1 amide bonds. The second kappa shape index (κ2) is 9.21. The summed E-state index contributed by atoms with van der Waals surface area (Å²) in [4.78, 5) is 15.1. The second-order valence-electron chi connectivity index (χ2n) is 8.41. The van der Waals surface area contributed by atoms with Crippen LogP contribution in [0.5, 0.6) is 0 Å². The van der Waals surface area contributed by atoms with E-state index in [9.17, 15) is 13.2 Å². The van der Waals surface area contributed by atoms with Gasteiger partial charge >= 0.3 is 0 Å². The van der Waals surface area contributed by atoms with Crippen LogP contribution in [0.25, 0.3) is 0 Å². The van der Waals surface area contributed by atoms with Crippen molar-refractivity contribution >= 4 is 21.6 Å². The first-order valence-electron chi connectivity index (χ1n) is 10.6. The molecular formula is C24H32N2O3S. The molecule has 162 valence electrons. The number of rotatable bonds is 6. The number of hydrogen-bond donors (Lipinski definition) is 0. The van der Waals surface area contributed by atoms with E-state index in [4.69, 9.17) is 0 Å². The van der Waals surface area contributed by atoms with Crippen molar-refractivity contribution in [2.75, 3.05) is 17.9 Å². The highest BCUT2D eigenvalue weighted by atomic mass is 32.2. The zero-order valence-electron chi connectivity index (χ0n) is 18.4. The van der Waals surface area contributed by atoms with Gasteiger partial charge in [-0.1, -0.05) is 49.1 Å². The van der Waals surface area contributed by atoms with E-state index in [-0.39, 0.29) is 23.4 Å². The summed E-state index contributed by atoms with van der Waals surface area (Å²) in [6, 6.07) is 12.7. The van der Waals surface area contributed by atoms with E-state index < -0.39 is 10.0 Å². The Morgan fingerprint density at radius 2 is 1.53 bits per heavy atom. The Balaban J connectivity index is 1.98. The number of aryl methyl sites for hydroxylation is 3. The summed E-state index contributed by atoms with van der Waals surface area (Å²) in [6.07, 6.45) is 5.40. The zero-order valence-corrected chi connectivity index (χ0v) is 19.2. The molecule has 6 heteroatoms. The number of hydrogen-bond acceptors (Lipinski definition) is 3. The highest BCUT2D eigenvalue weighted by Crippen LogP contribution is 2.29. The SMILES string of the molecule is Cc1ccc(S(=O)(=O)N(CC(=O)N(C)C2CCCCC2)c2cc(C)ccc2C)cc1. The summed E-state index contributed by atoms with van der Waals surface area (Å²) in [7, 11) is -2.08. The minimum absolute atomic E-state index is 0.168. The Kier molecular flexibility index (Phi) is 6.86. The van der Waals surface area contributed by atoms with Gasteiger partial charge in [-0.15, -0.1) is 0 Å². The molecule has 0 radical (unpaired) electrons. The van der Waals surface area contributed by atoms with Crippen molar-refractivity contribution < 1.29 is 13.2 Å². The van der Waals surface area contributed by atoms with Crippen LogP contribution in [0, 0.1) is 20.8 Å². The molecule has 2 aromatic carbocycles. The third-order valence-electron chi connectivity index (χ3n) is 6.04. The fourth-order valence-electron chi connectivity index (χ4n) is 4.03. The Bertz CT molecular complexity index is 994. The van der Waals surface area contributed by atoms with Crippen molar-refractivity contribution in [3.05, 3.63) is 59.2 Å². The van der Waals surface area contributed by atoms with E-state index in [1.807, 2.05) is 39.0 Å². The topological polar surface area (TPSA) is 57.7 Å². The summed E-state index contributed by atoms with van der Waals surface area (Å²) in [5.41, 5.74) is 3.32. The Labute approximate surface area is 180 Å². The first-order valence-corrected chi connectivity index (χ1v) is 12.1. The summed E-state index contributed by atoms with van der Waals surface area (Å²) in [5, 5.41) is 0. The number of amides is 1. The van der Waals surface area contributed by atoms with Gasteiger partial charge in [-0.2, -0.15) is 0 Å². The molecule has 2 aromatic rings. The molecule has 0 aromatic heterocycles. The lowest BCUT2D eigenvalue weighted by atomic mass is 9.94. The van der Waals surface area contributed by atoms with Crippen LogP contribution in [-0.4, -0.2) is 38.9 Å². The molecule has 0 heterocycles. The highest BCUT2D eigenvalue weighted by Gasteiger charge is 2.31. The van der Waals surface area contributed by atoms with E-state index in [2.05, 4.69) is 0 Å². The minimum Gasteiger partial charge on any atom is -0.341 e. The maximum Gasteiger partial charge on any atom is 0.264 e. The monoisotopic (exact) mass is 428 g/mol. The lowest BCUT2D eigenvalue weighted by molar-refractivity contribution is -0.130. The summed E-state index contributed by atoms with van der Waals surface area (Å²) in [6.45, 7) is 5.52. The molecule has 5 nitrogen and oxygen atoms in total. The second-order valence-corrected chi connectivity index (χ2v) is 10.3. The average molecular weight is 429 g/mol. The lowest BCUT2D eigenvalue weighted by Gasteiger charge is -2.33. The van der Waals surface area contributed by atoms with Crippen LogP contribution < -0.4 is 4.31 Å². The minimum atomic E-state index is -3.88. The van der Waals surface area contributed by atoms with Crippen molar-refractivity contribution in [3.8, 4) is 0 Å². The van der Waals surface area contributed by atoms with Crippen LogP contribution in [-0.2, 0) is 14.8 Å². The summed E-state index contributed by atoms with van der Waals surface area (Å²) >= 11 is 0. The van der Waals surface area contributed by atoms with Crippen molar-refractivity contribution in [1.82, 2.24) is 4.90 Å². The fraction of sp³-hybridized carbons (Fsp3) is 0.458. The predicted octanol–water partition coefficient (Wildman–Crippen LogP) is 4.60. The summed E-state index contributed by atoms with van der Waals surface area (Å²) < 4.78 is 28.5. The molecule has 0 bridgehead atoms. The van der Waals surface area contributed by atoms with Gasteiger partial charge in [0.1, 0.15) is 6.54 Å². The van der Waals surface area contributed by atoms with Gasteiger partial charge in [0.05, 0.1) is 10.6 Å². The number of benzene rings is 2. The number of carbonyl (C=O) groups excluding carboxylic acids is 1. The molecule has 0 atom stereocenters. The number of likely N-dealkylation sites (N-methyl/N-ethyl adjacent to an activating group) is 1. The molecule has 0 spiro atoms. The van der Waals surface area contributed by atoms with Crippen molar-refractivity contribution in [2.45, 2.75) is 63.8 Å². The number of nitrogens with zero attached hydrogens (tertiary/aromatic N) is 2. The number of anilines is 1. The van der Waals surface area contributed by atoms with Crippen LogP contribution >= 0.6 is 0 Å². The van der Waals surface area contributed by atoms with Gasteiger partial charge in [0.2, 0.25) is 5.91 Å². The Morgan fingerprint density at radius 1 is 0.933 bits per heavy atom.